The Morgan fingerprint density at radius 2 is 1.86 bits per heavy atom. The van der Waals surface area contributed by atoms with E-state index < -0.39 is 14.8 Å². The Labute approximate surface area is 166 Å². The lowest BCUT2D eigenvalue weighted by atomic mass is 9.87. The topological polar surface area (TPSA) is 75.5 Å². The van der Waals surface area contributed by atoms with Gasteiger partial charge in [0.2, 0.25) is 10.0 Å². The molecule has 1 aromatic heterocycles. The molecule has 2 aliphatic heterocycles. The molecule has 4 rings (SSSR count). The maximum atomic E-state index is 13.6. The minimum Gasteiger partial charge on any atom is -0.337 e. The highest BCUT2D eigenvalue weighted by molar-refractivity contribution is 7.94. The fraction of sp³-hybridized carbons (Fsp3) is 0.500. The molecule has 1 fully saturated rings. The van der Waals surface area contributed by atoms with Gasteiger partial charge in [0.05, 0.1) is 5.69 Å². The number of amides is 1. The van der Waals surface area contributed by atoms with Crippen LogP contribution in [-0.4, -0.2) is 48.6 Å². The van der Waals surface area contributed by atoms with Gasteiger partial charge in [-0.25, -0.2) is 8.42 Å². The number of nitrogens with zero attached hydrogens (tertiary/aromatic N) is 4. The number of aromatic nitrogens is 2. The Hall–Kier alpha value is -2.35. The number of anilines is 1. The minimum absolute atomic E-state index is 0.0995. The first-order chi connectivity index (χ1) is 13.3. The van der Waals surface area contributed by atoms with Crippen molar-refractivity contribution in [1.82, 2.24) is 14.7 Å². The molecular formula is C20H26N4O3S. The molecule has 2 aliphatic rings. The number of rotatable bonds is 3. The molecule has 1 spiro atoms. The molecule has 0 radical (unpaired) electrons. The molecule has 0 bridgehead atoms. The SMILES string of the molecule is CC(C)CN1c2ccccc2C2(CCN(C(=O)c3ccnn3C)CC2)S1(=O)=O. The average Bonchev–Trinajstić information content (AvgIpc) is 3.17. The van der Waals surface area contributed by atoms with Crippen LogP contribution in [0, 0.1) is 5.92 Å². The van der Waals surface area contributed by atoms with Gasteiger partial charge in [-0.15, -0.1) is 0 Å². The lowest BCUT2D eigenvalue weighted by Gasteiger charge is -2.39. The van der Waals surface area contributed by atoms with Crippen molar-refractivity contribution in [3.05, 3.63) is 47.8 Å². The number of sulfonamides is 1. The van der Waals surface area contributed by atoms with Gasteiger partial charge >= 0.3 is 0 Å². The molecule has 2 aromatic rings. The highest BCUT2D eigenvalue weighted by Crippen LogP contribution is 2.52. The molecule has 8 heteroatoms. The molecule has 7 nitrogen and oxygen atoms in total. The van der Waals surface area contributed by atoms with E-state index >= 15 is 0 Å². The van der Waals surface area contributed by atoms with Crippen LogP contribution < -0.4 is 4.31 Å². The van der Waals surface area contributed by atoms with Gasteiger partial charge in [0.25, 0.3) is 5.91 Å². The highest BCUT2D eigenvalue weighted by atomic mass is 32.2. The number of benzene rings is 1. The molecule has 0 N–H and O–H groups in total. The summed E-state index contributed by atoms with van der Waals surface area (Å²) in [5.74, 6) is 0.127. The Morgan fingerprint density at radius 1 is 1.18 bits per heavy atom. The summed E-state index contributed by atoms with van der Waals surface area (Å²) in [5, 5.41) is 4.06. The average molecular weight is 403 g/mol. The first-order valence-corrected chi connectivity index (χ1v) is 11.1. The molecule has 150 valence electrons. The summed E-state index contributed by atoms with van der Waals surface area (Å²) in [4.78, 5) is 14.5. The third-order valence-electron chi connectivity index (χ3n) is 5.88. The molecular weight excluding hydrogens is 376 g/mol. The molecule has 0 unspecified atom stereocenters. The normalized spacial score (nSPS) is 20.0. The van der Waals surface area contributed by atoms with Crippen LogP contribution >= 0.6 is 0 Å². The van der Waals surface area contributed by atoms with Crippen molar-refractivity contribution in [2.75, 3.05) is 23.9 Å². The predicted molar refractivity (Wildman–Crippen MR) is 108 cm³/mol. The lowest BCUT2D eigenvalue weighted by molar-refractivity contribution is 0.0689. The summed E-state index contributed by atoms with van der Waals surface area (Å²) in [6, 6.07) is 9.32. The van der Waals surface area contributed by atoms with Gasteiger partial charge < -0.3 is 4.90 Å². The summed E-state index contributed by atoms with van der Waals surface area (Å²) in [5.41, 5.74) is 2.19. The maximum absolute atomic E-state index is 13.6. The van der Waals surface area contributed by atoms with Gasteiger partial charge in [-0.2, -0.15) is 5.10 Å². The maximum Gasteiger partial charge on any atom is 0.272 e. The monoisotopic (exact) mass is 402 g/mol. The van der Waals surface area contributed by atoms with Crippen molar-refractivity contribution in [1.29, 1.82) is 0 Å². The van der Waals surface area contributed by atoms with Crippen molar-refractivity contribution >= 4 is 21.6 Å². The van der Waals surface area contributed by atoms with Crippen LogP contribution in [0.2, 0.25) is 0 Å². The molecule has 0 saturated carbocycles. The number of para-hydroxylation sites is 1. The number of hydrogen-bond donors (Lipinski definition) is 0. The van der Waals surface area contributed by atoms with Crippen molar-refractivity contribution in [2.24, 2.45) is 13.0 Å². The number of hydrogen-bond acceptors (Lipinski definition) is 4. The van der Waals surface area contributed by atoms with Gasteiger partial charge in [-0.1, -0.05) is 32.0 Å². The molecule has 3 heterocycles. The standard InChI is InChI=1S/C20H26N4O3S/c1-15(2)14-24-17-7-5-4-6-16(17)20(28(24,26)27)9-12-23(13-10-20)19(25)18-8-11-21-22(18)3/h4-8,11,15H,9-10,12-14H2,1-3H3. The number of aryl methyl sites for hydroxylation is 1. The van der Waals surface area contributed by atoms with Crippen LogP contribution in [0.15, 0.2) is 36.5 Å². The first-order valence-electron chi connectivity index (χ1n) is 9.67. The zero-order chi connectivity index (χ0) is 20.1. The Balaban J connectivity index is 1.66. The second-order valence-corrected chi connectivity index (χ2v) is 10.2. The van der Waals surface area contributed by atoms with Gasteiger partial charge in [0, 0.05) is 32.9 Å². The molecule has 0 aliphatic carbocycles. The highest BCUT2D eigenvalue weighted by Gasteiger charge is 2.57. The van der Waals surface area contributed by atoms with Crippen LogP contribution in [0.4, 0.5) is 5.69 Å². The fourth-order valence-corrected chi connectivity index (χ4v) is 6.91. The third kappa shape index (κ3) is 2.65. The van der Waals surface area contributed by atoms with Crippen molar-refractivity contribution in [3.8, 4) is 0 Å². The van der Waals surface area contributed by atoms with Gasteiger partial charge in [-0.05, 0) is 36.5 Å². The van der Waals surface area contributed by atoms with E-state index in [4.69, 9.17) is 0 Å². The van der Waals surface area contributed by atoms with E-state index in [-0.39, 0.29) is 11.8 Å². The van der Waals surface area contributed by atoms with Crippen molar-refractivity contribution < 1.29 is 13.2 Å². The Morgan fingerprint density at radius 3 is 2.46 bits per heavy atom. The summed E-state index contributed by atoms with van der Waals surface area (Å²) in [6.07, 6.45) is 2.41. The number of fused-ring (bicyclic) bond motifs is 2. The number of likely N-dealkylation sites (tertiary alicyclic amines) is 1. The second kappa shape index (κ2) is 6.62. The van der Waals surface area contributed by atoms with E-state index in [0.717, 1.165) is 11.3 Å². The molecule has 28 heavy (non-hydrogen) atoms. The second-order valence-electron chi connectivity index (χ2n) is 8.07. The summed E-state index contributed by atoms with van der Waals surface area (Å²) in [6.45, 7) is 5.34. The van der Waals surface area contributed by atoms with E-state index in [9.17, 15) is 13.2 Å². The third-order valence-corrected chi connectivity index (χ3v) is 8.42. The van der Waals surface area contributed by atoms with Crippen LogP contribution in [0.25, 0.3) is 0 Å². The van der Waals surface area contributed by atoms with Gasteiger partial charge in [0.1, 0.15) is 10.4 Å². The van der Waals surface area contributed by atoms with E-state index in [1.165, 1.54) is 0 Å². The summed E-state index contributed by atoms with van der Waals surface area (Å²) >= 11 is 0. The van der Waals surface area contributed by atoms with Gasteiger partial charge in [0.15, 0.2) is 0 Å². The zero-order valence-corrected chi connectivity index (χ0v) is 17.3. The number of carbonyl (C=O) groups is 1. The summed E-state index contributed by atoms with van der Waals surface area (Å²) in [7, 11) is -1.80. The number of piperidine rings is 1. The van der Waals surface area contributed by atoms with Gasteiger partial charge in [-0.3, -0.25) is 13.8 Å². The first kappa shape index (κ1) is 19.0. The van der Waals surface area contributed by atoms with Crippen LogP contribution in [0.5, 0.6) is 0 Å². The van der Waals surface area contributed by atoms with Crippen LogP contribution in [0.1, 0.15) is 42.7 Å². The smallest absolute Gasteiger partial charge is 0.272 e. The Kier molecular flexibility index (Phi) is 4.49. The summed E-state index contributed by atoms with van der Waals surface area (Å²) < 4.78 is 29.5. The largest absolute Gasteiger partial charge is 0.337 e. The number of carbonyl (C=O) groups excluding carboxylic acids is 1. The molecule has 1 amide bonds. The lowest BCUT2D eigenvalue weighted by Crippen LogP contribution is -2.50. The predicted octanol–water partition coefficient (Wildman–Crippen LogP) is 2.36. The van der Waals surface area contributed by atoms with E-state index in [1.807, 2.05) is 38.1 Å². The quantitative estimate of drug-likeness (QED) is 0.790. The Bertz CT molecular complexity index is 1000. The fourth-order valence-electron chi connectivity index (χ4n) is 4.43. The molecule has 1 aromatic carbocycles. The molecule has 0 atom stereocenters. The van der Waals surface area contributed by atoms with E-state index in [2.05, 4.69) is 5.10 Å². The van der Waals surface area contributed by atoms with Crippen LogP contribution in [0.3, 0.4) is 0 Å². The molecule has 1 saturated heterocycles. The van der Waals surface area contributed by atoms with Crippen molar-refractivity contribution in [2.45, 2.75) is 31.4 Å². The minimum atomic E-state index is -3.54. The van der Waals surface area contributed by atoms with Crippen LogP contribution in [-0.2, 0) is 21.8 Å². The van der Waals surface area contributed by atoms with E-state index in [0.29, 0.717) is 38.2 Å². The zero-order valence-electron chi connectivity index (χ0n) is 16.5. The van der Waals surface area contributed by atoms with Crippen molar-refractivity contribution in [3.63, 3.8) is 0 Å². The van der Waals surface area contributed by atoms with E-state index in [1.54, 1.807) is 33.2 Å².